The predicted octanol–water partition coefficient (Wildman–Crippen LogP) is 0.714. The van der Waals surface area contributed by atoms with Crippen molar-refractivity contribution in [3.8, 4) is 0 Å². The van der Waals surface area contributed by atoms with Gasteiger partial charge in [-0.1, -0.05) is 13.3 Å². The average Bonchev–Trinajstić information content (AvgIpc) is 2.17. The number of carbonyl (C=O) groups excluding carboxylic acids is 1. The van der Waals surface area contributed by atoms with E-state index in [1.165, 1.54) is 6.42 Å². The van der Waals surface area contributed by atoms with Crippen LogP contribution in [-0.4, -0.2) is 43.0 Å². The van der Waals surface area contributed by atoms with Crippen LogP contribution in [0, 0.1) is 0 Å². The molecule has 3 N–H and O–H groups in total. The Bertz CT molecular complexity index is 220. The molecule has 1 saturated heterocycles. The second-order valence-electron chi connectivity index (χ2n) is 4.92. The van der Waals surface area contributed by atoms with Crippen molar-refractivity contribution in [3.05, 3.63) is 0 Å². The second-order valence-corrected chi connectivity index (χ2v) is 4.92. The van der Waals surface area contributed by atoms with E-state index in [0.717, 1.165) is 32.4 Å². The highest BCUT2D eigenvalue weighted by atomic mass is 16.1. The van der Waals surface area contributed by atoms with Crippen LogP contribution in [0.25, 0.3) is 0 Å². The third-order valence-electron chi connectivity index (χ3n) is 3.10. The first kappa shape index (κ1) is 13.5. The molecule has 1 rings (SSSR count). The molecule has 2 unspecified atom stereocenters. The Morgan fingerprint density at radius 3 is 3.00 bits per heavy atom. The highest BCUT2D eigenvalue weighted by Gasteiger charge is 2.19. The number of hydrogen-bond acceptors (Lipinski definition) is 3. The summed E-state index contributed by atoms with van der Waals surface area (Å²) in [7, 11) is 2.10. The molecule has 1 amide bonds. The number of likely N-dealkylation sites (tertiary alicyclic amines) is 1. The van der Waals surface area contributed by atoms with E-state index >= 15 is 0 Å². The van der Waals surface area contributed by atoms with Crippen LogP contribution in [-0.2, 0) is 4.79 Å². The molecule has 0 aromatic carbocycles. The van der Waals surface area contributed by atoms with Gasteiger partial charge in [-0.2, -0.15) is 0 Å². The number of carbonyl (C=O) groups is 1. The lowest BCUT2D eigenvalue weighted by molar-refractivity contribution is -0.122. The molecule has 1 aliphatic heterocycles. The minimum absolute atomic E-state index is 0.0197. The summed E-state index contributed by atoms with van der Waals surface area (Å²) < 4.78 is 0. The Labute approximate surface area is 98.6 Å². The van der Waals surface area contributed by atoms with Gasteiger partial charge in [0.1, 0.15) is 0 Å². The number of amides is 1. The Kier molecular flexibility index (Phi) is 5.77. The molecular weight excluding hydrogens is 202 g/mol. The van der Waals surface area contributed by atoms with E-state index in [2.05, 4.69) is 24.2 Å². The molecule has 0 aliphatic carbocycles. The van der Waals surface area contributed by atoms with E-state index in [4.69, 9.17) is 5.73 Å². The predicted molar refractivity (Wildman–Crippen MR) is 66.2 cm³/mol. The normalized spacial score (nSPS) is 24.1. The number of nitrogens with two attached hydrogens (primary N) is 1. The van der Waals surface area contributed by atoms with Gasteiger partial charge in [0.2, 0.25) is 5.91 Å². The zero-order valence-corrected chi connectivity index (χ0v) is 10.5. The van der Waals surface area contributed by atoms with Crippen LogP contribution in [0.2, 0.25) is 0 Å². The van der Waals surface area contributed by atoms with Crippen molar-refractivity contribution in [1.82, 2.24) is 10.2 Å². The first-order valence-corrected chi connectivity index (χ1v) is 6.35. The van der Waals surface area contributed by atoms with E-state index in [1.807, 2.05) is 0 Å². The smallest absolute Gasteiger partial charge is 0.221 e. The number of likely N-dealkylation sites (N-methyl/N-ethyl adjacent to an activating group) is 1. The Hall–Kier alpha value is -0.610. The van der Waals surface area contributed by atoms with Crippen LogP contribution >= 0.6 is 0 Å². The van der Waals surface area contributed by atoms with Crippen molar-refractivity contribution in [2.24, 2.45) is 5.73 Å². The van der Waals surface area contributed by atoms with Gasteiger partial charge in [0, 0.05) is 25.0 Å². The SMILES string of the molecule is CCCC(N)CC(=O)NC1CCCN(C)C1. The van der Waals surface area contributed by atoms with E-state index in [-0.39, 0.29) is 11.9 Å². The van der Waals surface area contributed by atoms with Gasteiger partial charge in [0.25, 0.3) is 0 Å². The van der Waals surface area contributed by atoms with Gasteiger partial charge in [-0.3, -0.25) is 4.79 Å². The van der Waals surface area contributed by atoms with Crippen molar-refractivity contribution in [2.45, 2.75) is 51.1 Å². The fraction of sp³-hybridized carbons (Fsp3) is 0.917. The number of nitrogens with one attached hydrogen (secondary N) is 1. The summed E-state index contributed by atoms with van der Waals surface area (Å²) in [5, 5.41) is 3.08. The second kappa shape index (κ2) is 6.86. The largest absolute Gasteiger partial charge is 0.352 e. The fourth-order valence-corrected chi connectivity index (χ4v) is 2.28. The number of piperidine rings is 1. The zero-order chi connectivity index (χ0) is 12.0. The van der Waals surface area contributed by atoms with Gasteiger partial charge < -0.3 is 16.0 Å². The molecule has 0 aromatic heterocycles. The third-order valence-corrected chi connectivity index (χ3v) is 3.10. The van der Waals surface area contributed by atoms with Gasteiger partial charge in [-0.25, -0.2) is 0 Å². The highest BCUT2D eigenvalue weighted by molar-refractivity contribution is 5.76. The first-order valence-electron chi connectivity index (χ1n) is 6.35. The van der Waals surface area contributed by atoms with Gasteiger partial charge in [-0.05, 0) is 32.9 Å². The Morgan fingerprint density at radius 2 is 2.38 bits per heavy atom. The topological polar surface area (TPSA) is 58.4 Å². The molecule has 4 heteroatoms. The number of nitrogens with zero attached hydrogens (tertiary/aromatic N) is 1. The number of hydrogen-bond donors (Lipinski definition) is 2. The zero-order valence-electron chi connectivity index (χ0n) is 10.5. The minimum Gasteiger partial charge on any atom is -0.352 e. The molecule has 1 fully saturated rings. The molecule has 1 heterocycles. The van der Waals surface area contributed by atoms with E-state index < -0.39 is 0 Å². The molecule has 0 bridgehead atoms. The van der Waals surface area contributed by atoms with Gasteiger partial charge in [0.15, 0.2) is 0 Å². The maximum absolute atomic E-state index is 11.7. The molecule has 2 atom stereocenters. The molecule has 0 radical (unpaired) electrons. The van der Waals surface area contributed by atoms with Crippen molar-refractivity contribution in [3.63, 3.8) is 0 Å². The fourth-order valence-electron chi connectivity index (χ4n) is 2.28. The van der Waals surface area contributed by atoms with Crippen LogP contribution in [0.1, 0.15) is 39.0 Å². The lowest BCUT2D eigenvalue weighted by atomic mass is 10.0. The van der Waals surface area contributed by atoms with E-state index in [9.17, 15) is 4.79 Å². The summed E-state index contributed by atoms with van der Waals surface area (Å²) in [6.45, 7) is 4.20. The van der Waals surface area contributed by atoms with Crippen LogP contribution < -0.4 is 11.1 Å². The summed E-state index contributed by atoms with van der Waals surface area (Å²) in [4.78, 5) is 14.0. The maximum atomic E-state index is 11.7. The summed E-state index contributed by atoms with van der Waals surface area (Å²) in [6.07, 6.45) is 4.70. The maximum Gasteiger partial charge on any atom is 0.221 e. The van der Waals surface area contributed by atoms with Crippen molar-refractivity contribution in [1.29, 1.82) is 0 Å². The molecule has 16 heavy (non-hydrogen) atoms. The van der Waals surface area contributed by atoms with Crippen molar-refractivity contribution < 1.29 is 4.79 Å². The molecule has 0 saturated carbocycles. The van der Waals surface area contributed by atoms with Gasteiger partial charge in [-0.15, -0.1) is 0 Å². The Balaban J connectivity index is 2.22. The highest BCUT2D eigenvalue weighted by Crippen LogP contribution is 2.08. The van der Waals surface area contributed by atoms with Crippen LogP contribution in [0.5, 0.6) is 0 Å². The summed E-state index contributed by atoms with van der Waals surface area (Å²) >= 11 is 0. The quantitative estimate of drug-likeness (QED) is 0.727. The van der Waals surface area contributed by atoms with Crippen LogP contribution in [0.3, 0.4) is 0 Å². The van der Waals surface area contributed by atoms with Crippen molar-refractivity contribution >= 4 is 5.91 Å². The average molecular weight is 227 g/mol. The summed E-state index contributed by atoms with van der Waals surface area (Å²) in [5.41, 5.74) is 5.85. The standard InChI is InChI=1S/C12H25N3O/c1-3-5-10(13)8-12(16)14-11-6-4-7-15(2)9-11/h10-11H,3-9,13H2,1-2H3,(H,14,16). The van der Waals surface area contributed by atoms with Gasteiger partial charge >= 0.3 is 0 Å². The lowest BCUT2D eigenvalue weighted by Crippen LogP contribution is -2.47. The Morgan fingerprint density at radius 1 is 1.62 bits per heavy atom. The van der Waals surface area contributed by atoms with E-state index in [1.54, 1.807) is 0 Å². The molecule has 0 aromatic rings. The molecular formula is C12H25N3O. The summed E-state index contributed by atoms with van der Waals surface area (Å²) in [6, 6.07) is 0.339. The number of rotatable bonds is 5. The minimum atomic E-state index is 0.0197. The summed E-state index contributed by atoms with van der Waals surface area (Å²) in [5.74, 6) is 0.112. The monoisotopic (exact) mass is 227 g/mol. The van der Waals surface area contributed by atoms with Gasteiger partial charge in [0.05, 0.1) is 0 Å². The van der Waals surface area contributed by atoms with Crippen LogP contribution in [0.15, 0.2) is 0 Å². The lowest BCUT2D eigenvalue weighted by Gasteiger charge is -2.30. The molecule has 0 spiro atoms. The van der Waals surface area contributed by atoms with Crippen LogP contribution in [0.4, 0.5) is 0 Å². The van der Waals surface area contributed by atoms with Crippen molar-refractivity contribution in [2.75, 3.05) is 20.1 Å². The first-order chi connectivity index (χ1) is 7.61. The third kappa shape index (κ3) is 4.94. The molecule has 4 nitrogen and oxygen atoms in total. The molecule has 94 valence electrons. The molecule has 1 aliphatic rings. The van der Waals surface area contributed by atoms with E-state index in [0.29, 0.717) is 12.5 Å².